The second kappa shape index (κ2) is 6.69. The fourth-order valence-corrected chi connectivity index (χ4v) is 4.57. The minimum Gasteiger partial charge on any atom is -0.444 e. The van der Waals surface area contributed by atoms with Crippen LogP contribution in [0.25, 0.3) is 11.0 Å². The number of aromatic amines is 1. The van der Waals surface area contributed by atoms with Crippen molar-refractivity contribution in [2.75, 3.05) is 25.0 Å². The van der Waals surface area contributed by atoms with Crippen molar-refractivity contribution in [1.82, 2.24) is 19.9 Å². The van der Waals surface area contributed by atoms with E-state index < -0.39 is 5.60 Å². The number of carbonyl (C=O) groups is 1. The van der Waals surface area contributed by atoms with Gasteiger partial charge in [-0.15, -0.1) is 0 Å². The van der Waals surface area contributed by atoms with E-state index in [1.807, 2.05) is 37.9 Å². The highest BCUT2D eigenvalue weighted by Gasteiger charge is 2.41. The van der Waals surface area contributed by atoms with Gasteiger partial charge in [0.25, 0.3) is 0 Å². The molecule has 2 aromatic heterocycles. The van der Waals surface area contributed by atoms with Gasteiger partial charge in [-0.3, -0.25) is 0 Å². The van der Waals surface area contributed by atoms with Crippen molar-refractivity contribution >= 4 is 22.9 Å². The number of carbonyl (C=O) groups excluding carboxylic acids is 1. The highest BCUT2D eigenvalue weighted by molar-refractivity contribution is 5.87. The Bertz CT molecular complexity index is 827. The van der Waals surface area contributed by atoms with Crippen LogP contribution >= 0.6 is 0 Å². The molecule has 1 saturated heterocycles. The summed E-state index contributed by atoms with van der Waals surface area (Å²) in [4.78, 5) is 28.6. The third kappa shape index (κ3) is 3.59. The first kappa shape index (κ1) is 18.1. The van der Waals surface area contributed by atoms with Gasteiger partial charge in [0.15, 0.2) is 0 Å². The lowest BCUT2D eigenvalue weighted by Gasteiger charge is -2.35. The largest absolute Gasteiger partial charge is 0.444 e. The average molecular weight is 371 g/mol. The van der Waals surface area contributed by atoms with Gasteiger partial charge in [0.05, 0.1) is 5.39 Å². The Morgan fingerprint density at radius 3 is 2.85 bits per heavy atom. The predicted octanol–water partition coefficient (Wildman–Crippen LogP) is 3.43. The van der Waals surface area contributed by atoms with Gasteiger partial charge < -0.3 is 19.5 Å². The molecular formula is C20H29N5O2. The fraction of sp³-hybridized carbons (Fsp3) is 0.650. The molecule has 0 bridgehead atoms. The molecule has 4 rings (SSSR count). The van der Waals surface area contributed by atoms with Crippen LogP contribution in [0.15, 0.2) is 18.6 Å². The van der Waals surface area contributed by atoms with Crippen LogP contribution in [-0.2, 0) is 4.74 Å². The van der Waals surface area contributed by atoms with Crippen LogP contribution < -0.4 is 4.90 Å². The number of nitrogens with zero attached hydrogens (tertiary/aromatic N) is 4. The van der Waals surface area contributed by atoms with Crippen LogP contribution in [0.2, 0.25) is 0 Å². The molecule has 2 aromatic rings. The summed E-state index contributed by atoms with van der Waals surface area (Å²) in [6, 6.07) is 2.47. The van der Waals surface area contributed by atoms with Gasteiger partial charge in [-0.05, 0) is 57.9 Å². The molecule has 1 aliphatic carbocycles. The number of hydrogen-bond donors (Lipinski definition) is 1. The molecule has 3 heterocycles. The Balaban J connectivity index is 1.44. The van der Waals surface area contributed by atoms with Crippen molar-refractivity contribution in [3.63, 3.8) is 0 Å². The van der Waals surface area contributed by atoms with Crippen molar-refractivity contribution in [3.8, 4) is 0 Å². The molecule has 0 spiro atoms. The predicted molar refractivity (Wildman–Crippen MR) is 105 cm³/mol. The number of anilines is 1. The second-order valence-corrected chi connectivity index (χ2v) is 8.91. The lowest BCUT2D eigenvalue weighted by molar-refractivity contribution is 0.0127. The van der Waals surface area contributed by atoms with Gasteiger partial charge in [-0.25, -0.2) is 14.8 Å². The Labute approximate surface area is 160 Å². The van der Waals surface area contributed by atoms with Crippen LogP contribution in [0.4, 0.5) is 10.6 Å². The molecule has 1 saturated carbocycles. The van der Waals surface area contributed by atoms with Crippen molar-refractivity contribution in [2.24, 2.45) is 11.8 Å². The summed E-state index contributed by atoms with van der Waals surface area (Å²) in [6.45, 7) is 7.35. The highest BCUT2D eigenvalue weighted by atomic mass is 16.6. The molecule has 2 aliphatic rings. The van der Waals surface area contributed by atoms with Crippen molar-refractivity contribution in [3.05, 3.63) is 18.6 Å². The number of piperidine rings is 1. The number of H-pyrrole nitrogens is 1. The third-order valence-corrected chi connectivity index (χ3v) is 5.91. The monoisotopic (exact) mass is 371 g/mol. The number of amides is 1. The lowest BCUT2D eigenvalue weighted by Crippen LogP contribution is -2.44. The Morgan fingerprint density at radius 1 is 1.30 bits per heavy atom. The molecular weight excluding hydrogens is 342 g/mol. The zero-order chi connectivity index (χ0) is 19.2. The van der Waals surface area contributed by atoms with Crippen molar-refractivity contribution in [2.45, 2.75) is 51.7 Å². The molecule has 1 amide bonds. The van der Waals surface area contributed by atoms with Gasteiger partial charge in [0.2, 0.25) is 0 Å². The number of hydrogen-bond acceptors (Lipinski definition) is 5. The van der Waals surface area contributed by atoms with Crippen LogP contribution in [0.3, 0.4) is 0 Å². The average Bonchev–Trinajstić information content (AvgIpc) is 3.25. The van der Waals surface area contributed by atoms with Gasteiger partial charge in [0.1, 0.15) is 23.4 Å². The molecule has 1 aliphatic heterocycles. The van der Waals surface area contributed by atoms with E-state index in [2.05, 4.69) is 26.9 Å². The number of nitrogens with one attached hydrogen (secondary N) is 1. The minimum atomic E-state index is -0.443. The first-order valence-corrected chi connectivity index (χ1v) is 9.80. The maximum atomic E-state index is 12.4. The SMILES string of the molecule is CN(c1ncnc2[nH]ccc12)C1C[C@@H]2CCN(C(=O)OC(C)(C)C)C[C@@H]2C1. The summed E-state index contributed by atoms with van der Waals surface area (Å²) in [5.41, 5.74) is 0.430. The van der Waals surface area contributed by atoms with Gasteiger partial charge in [-0.2, -0.15) is 0 Å². The summed E-state index contributed by atoms with van der Waals surface area (Å²) in [6.07, 6.45) is 6.64. The first-order chi connectivity index (χ1) is 12.8. The molecule has 2 fully saturated rings. The molecule has 1 N–H and O–H groups in total. The van der Waals surface area contributed by atoms with Crippen LogP contribution in [0.5, 0.6) is 0 Å². The van der Waals surface area contributed by atoms with E-state index in [0.29, 0.717) is 17.9 Å². The summed E-state index contributed by atoms with van der Waals surface area (Å²) in [5.74, 6) is 2.18. The molecule has 0 aromatic carbocycles. The quantitative estimate of drug-likeness (QED) is 0.875. The molecule has 146 valence electrons. The van der Waals surface area contributed by atoms with Crippen molar-refractivity contribution in [1.29, 1.82) is 0 Å². The molecule has 7 heteroatoms. The number of ether oxygens (including phenoxy) is 1. The standard InChI is InChI=1S/C20H29N5O2/c1-20(2,3)27-19(26)25-8-6-13-9-15(10-14(13)11-25)24(4)18-16-5-7-21-17(16)22-12-23-18/h5,7,12-15H,6,8-11H2,1-4H3,(H,21,22,23)/t13-,14-,15?/m0/s1. The van der Waals surface area contributed by atoms with E-state index in [4.69, 9.17) is 4.74 Å². The Hall–Kier alpha value is -2.31. The minimum absolute atomic E-state index is 0.178. The topological polar surface area (TPSA) is 74.4 Å². The highest BCUT2D eigenvalue weighted by Crippen LogP contribution is 2.41. The first-order valence-electron chi connectivity index (χ1n) is 9.80. The van der Waals surface area contributed by atoms with E-state index in [-0.39, 0.29) is 6.09 Å². The Kier molecular flexibility index (Phi) is 4.48. The summed E-state index contributed by atoms with van der Waals surface area (Å²) in [5, 5.41) is 1.06. The summed E-state index contributed by atoms with van der Waals surface area (Å²) >= 11 is 0. The molecule has 3 atom stereocenters. The molecule has 1 unspecified atom stereocenters. The van der Waals surface area contributed by atoms with E-state index >= 15 is 0 Å². The Morgan fingerprint density at radius 2 is 2.07 bits per heavy atom. The molecule has 27 heavy (non-hydrogen) atoms. The van der Waals surface area contributed by atoms with E-state index in [1.54, 1.807) is 6.33 Å². The van der Waals surface area contributed by atoms with Gasteiger partial charge in [-0.1, -0.05) is 0 Å². The van der Waals surface area contributed by atoms with Crippen molar-refractivity contribution < 1.29 is 9.53 Å². The van der Waals surface area contributed by atoms with E-state index in [1.165, 1.54) is 0 Å². The third-order valence-electron chi connectivity index (χ3n) is 5.91. The summed E-state index contributed by atoms with van der Waals surface area (Å²) in [7, 11) is 2.13. The molecule has 0 radical (unpaired) electrons. The number of likely N-dealkylation sites (tertiary alicyclic amines) is 1. The zero-order valence-corrected chi connectivity index (χ0v) is 16.6. The van der Waals surface area contributed by atoms with Crippen LogP contribution in [-0.4, -0.2) is 57.7 Å². The second-order valence-electron chi connectivity index (χ2n) is 8.91. The normalized spacial score (nSPS) is 25.5. The summed E-state index contributed by atoms with van der Waals surface area (Å²) < 4.78 is 5.56. The van der Waals surface area contributed by atoms with Crippen LogP contribution in [0, 0.1) is 11.8 Å². The maximum Gasteiger partial charge on any atom is 0.410 e. The fourth-order valence-electron chi connectivity index (χ4n) is 4.57. The van der Waals surface area contributed by atoms with E-state index in [9.17, 15) is 4.79 Å². The van der Waals surface area contributed by atoms with Gasteiger partial charge >= 0.3 is 6.09 Å². The van der Waals surface area contributed by atoms with Crippen LogP contribution in [0.1, 0.15) is 40.0 Å². The smallest absolute Gasteiger partial charge is 0.410 e. The lowest BCUT2D eigenvalue weighted by atomic mass is 9.89. The maximum absolute atomic E-state index is 12.4. The van der Waals surface area contributed by atoms with E-state index in [0.717, 1.165) is 49.2 Å². The molecule has 7 nitrogen and oxygen atoms in total. The van der Waals surface area contributed by atoms with Gasteiger partial charge in [0, 0.05) is 32.4 Å². The number of rotatable bonds is 2. The number of fused-ring (bicyclic) bond motifs is 2. The zero-order valence-electron chi connectivity index (χ0n) is 16.6. The number of aromatic nitrogens is 3.